The van der Waals surface area contributed by atoms with Crippen LogP contribution in [0.4, 0.5) is 13.2 Å². The summed E-state index contributed by atoms with van der Waals surface area (Å²) in [6.07, 6.45) is -3.57. The van der Waals surface area contributed by atoms with Crippen molar-refractivity contribution in [3.8, 4) is 0 Å². The molecule has 2 N–H and O–H groups in total. The van der Waals surface area contributed by atoms with Crippen LogP contribution < -0.4 is 10.6 Å². The van der Waals surface area contributed by atoms with Crippen LogP contribution in [0.25, 0.3) is 0 Å². The standard InChI is InChI=1S/C18H23F3N4S/c1-4-22-17(23-8-7-14-6-5-12(2)9-13(14)3)24-10-16-25-15(11-26-16)18(19,20)21/h5-6,9,11H,4,7-8,10H2,1-3H3,(H2,22,23,24). The Labute approximate surface area is 155 Å². The van der Waals surface area contributed by atoms with E-state index in [1.807, 2.05) is 6.92 Å². The number of hydrogen-bond acceptors (Lipinski definition) is 3. The molecule has 0 radical (unpaired) electrons. The van der Waals surface area contributed by atoms with Crippen molar-refractivity contribution < 1.29 is 13.2 Å². The average molecular weight is 384 g/mol. The molecule has 4 nitrogen and oxygen atoms in total. The highest BCUT2D eigenvalue weighted by molar-refractivity contribution is 7.09. The van der Waals surface area contributed by atoms with Crippen molar-refractivity contribution in [1.29, 1.82) is 0 Å². The van der Waals surface area contributed by atoms with Crippen molar-refractivity contribution in [3.63, 3.8) is 0 Å². The van der Waals surface area contributed by atoms with E-state index in [4.69, 9.17) is 0 Å². The van der Waals surface area contributed by atoms with Crippen molar-refractivity contribution in [1.82, 2.24) is 15.6 Å². The Kier molecular flexibility index (Phi) is 7.02. The first-order valence-corrected chi connectivity index (χ1v) is 9.27. The predicted molar refractivity (Wildman–Crippen MR) is 99.6 cm³/mol. The minimum absolute atomic E-state index is 0.111. The summed E-state index contributed by atoms with van der Waals surface area (Å²) in [6, 6.07) is 6.35. The Morgan fingerprint density at radius 1 is 1.23 bits per heavy atom. The maximum atomic E-state index is 12.6. The zero-order valence-corrected chi connectivity index (χ0v) is 15.9. The molecule has 1 heterocycles. The lowest BCUT2D eigenvalue weighted by molar-refractivity contribution is -0.140. The summed E-state index contributed by atoms with van der Waals surface area (Å²) in [5, 5.41) is 7.66. The molecule has 2 rings (SSSR count). The molecular weight excluding hydrogens is 361 g/mol. The van der Waals surface area contributed by atoms with Crippen molar-refractivity contribution in [2.75, 3.05) is 13.1 Å². The van der Waals surface area contributed by atoms with Gasteiger partial charge in [-0.3, -0.25) is 0 Å². The Bertz CT molecular complexity index is 753. The van der Waals surface area contributed by atoms with E-state index in [-0.39, 0.29) is 6.54 Å². The van der Waals surface area contributed by atoms with Gasteiger partial charge in [0.15, 0.2) is 11.7 Å². The highest BCUT2D eigenvalue weighted by atomic mass is 32.1. The van der Waals surface area contributed by atoms with E-state index in [9.17, 15) is 13.2 Å². The Morgan fingerprint density at radius 2 is 2.00 bits per heavy atom. The number of aryl methyl sites for hydroxylation is 2. The van der Waals surface area contributed by atoms with Crippen LogP contribution in [0, 0.1) is 13.8 Å². The monoisotopic (exact) mass is 384 g/mol. The van der Waals surface area contributed by atoms with Crippen LogP contribution >= 0.6 is 11.3 Å². The zero-order chi connectivity index (χ0) is 19.2. The largest absolute Gasteiger partial charge is 0.434 e. The normalized spacial score (nSPS) is 12.3. The van der Waals surface area contributed by atoms with Gasteiger partial charge < -0.3 is 10.6 Å². The van der Waals surface area contributed by atoms with E-state index in [2.05, 4.69) is 52.7 Å². The molecule has 0 saturated heterocycles. The molecule has 0 aliphatic heterocycles. The minimum Gasteiger partial charge on any atom is -0.357 e. The molecule has 0 aliphatic rings. The summed E-state index contributed by atoms with van der Waals surface area (Å²) in [7, 11) is 0. The third-order valence-corrected chi connectivity index (χ3v) is 4.58. The number of halogens is 3. The molecule has 0 amide bonds. The number of nitrogens with one attached hydrogen (secondary N) is 2. The second-order valence-electron chi connectivity index (χ2n) is 5.93. The van der Waals surface area contributed by atoms with E-state index in [0.29, 0.717) is 24.1 Å². The number of hydrogen-bond donors (Lipinski definition) is 2. The van der Waals surface area contributed by atoms with Crippen LogP contribution in [0.3, 0.4) is 0 Å². The quantitative estimate of drug-likeness (QED) is 0.583. The number of thiazole rings is 1. The van der Waals surface area contributed by atoms with Gasteiger partial charge in [0.25, 0.3) is 0 Å². The predicted octanol–water partition coefficient (Wildman–Crippen LogP) is 4.08. The SMILES string of the molecule is CCNC(=NCc1nc(C(F)(F)F)cs1)NCCc1ccc(C)cc1C. The highest BCUT2D eigenvalue weighted by Crippen LogP contribution is 2.30. The summed E-state index contributed by atoms with van der Waals surface area (Å²) < 4.78 is 37.8. The molecule has 26 heavy (non-hydrogen) atoms. The number of nitrogens with zero attached hydrogens (tertiary/aromatic N) is 2. The average Bonchev–Trinajstić information content (AvgIpc) is 3.04. The fourth-order valence-electron chi connectivity index (χ4n) is 2.44. The molecule has 0 fully saturated rings. The second kappa shape index (κ2) is 9.02. The lowest BCUT2D eigenvalue weighted by Gasteiger charge is -2.12. The molecule has 0 unspecified atom stereocenters. The minimum atomic E-state index is -4.41. The van der Waals surface area contributed by atoms with Crippen molar-refractivity contribution in [3.05, 3.63) is 51.0 Å². The maximum Gasteiger partial charge on any atom is 0.434 e. The van der Waals surface area contributed by atoms with Crippen molar-refractivity contribution >= 4 is 17.3 Å². The molecular formula is C18H23F3N4S. The first-order valence-electron chi connectivity index (χ1n) is 8.39. The van der Waals surface area contributed by atoms with Crippen molar-refractivity contribution in [2.45, 2.75) is 39.9 Å². The topological polar surface area (TPSA) is 49.3 Å². The Balaban J connectivity index is 1.93. The van der Waals surface area contributed by atoms with Crippen LogP contribution in [-0.4, -0.2) is 24.0 Å². The van der Waals surface area contributed by atoms with Gasteiger partial charge in [-0.25, -0.2) is 9.98 Å². The number of aromatic nitrogens is 1. The van der Waals surface area contributed by atoms with E-state index in [0.717, 1.165) is 23.1 Å². The fourth-order valence-corrected chi connectivity index (χ4v) is 3.17. The molecule has 1 aromatic carbocycles. The molecule has 142 valence electrons. The summed E-state index contributed by atoms with van der Waals surface area (Å²) in [5.41, 5.74) is 2.88. The molecule has 0 atom stereocenters. The van der Waals surface area contributed by atoms with E-state index in [1.54, 1.807) is 0 Å². The van der Waals surface area contributed by atoms with Gasteiger partial charge in [-0.2, -0.15) is 13.2 Å². The Morgan fingerprint density at radius 3 is 2.62 bits per heavy atom. The van der Waals surface area contributed by atoms with E-state index < -0.39 is 11.9 Å². The summed E-state index contributed by atoms with van der Waals surface area (Å²) in [4.78, 5) is 7.91. The van der Waals surface area contributed by atoms with Crippen LogP contribution in [0.2, 0.25) is 0 Å². The van der Waals surface area contributed by atoms with Crippen LogP contribution in [-0.2, 0) is 19.1 Å². The van der Waals surface area contributed by atoms with Gasteiger partial charge in [-0.05, 0) is 38.3 Å². The first kappa shape index (κ1) is 20.2. The van der Waals surface area contributed by atoms with Crippen LogP contribution in [0.5, 0.6) is 0 Å². The van der Waals surface area contributed by atoms with E-state index >= 15 is 0 Å². The van der Waals surface area contributed by atoms with Gasteiger partial charge in [0.2, 0.25) is 0 Å². The lowest BCUT2D eigenvalue weighted by atomic mass is 10.0. The molecule has 8 heteroatoms. The van der Waals surface area contributed by atoms with Gasteiger partial charge in [-0.1, -0.05) is 23.8 Å². The number of rotatable bonds is 6. The lowest BCUT2D eigenvalue weighted by Crippen LogP contribution is -2.38. The van der Waals surface area contributed by atoms with Crippen LogP contribution in [0.1, 0.15) is 34.3 Å². The number of guanidine groups is 1. The smallest absolute Gasteiger partial charge is 0.357 e. The summed E-state index contributed by atoms with van der Waals surface area (Å²) >= 11 is 0.967. The van der Waals surface area contributed by atoms with E-state index in [1.165, 1.54) is 16.7 Å². The third-order valence-electron chi connectivity index (χ3n) is 3.74. The van der Waals surface area contributed by atoms with Gasteiger partial charge in [0.05, 0.1) is 6.54 Å². The first-order chi connectivity index (χ1) is 12.3. The van der Waals surface area contributed by atoms with Gasteiger partial charge in [-0.15, -0.1) is 11.3 Å². The number of aliphatic imine (C=N–C) groups is 1. The molecule has 1 aromatic heterocycles. The fraction of sp³-hybridized carbons (Fsp3) is 0.444. The molecule has 2 aromatic rings. The molecule has 0 spiro atoms. The molecule has 0 bridgehead atoms. The maximum absolute atomic E-state index is 12.6. The second-order valence-corrected chi connectivity index (χ2v) is 6.87. The number of benzene rings is 1. The van der Waals surface area contributed by atoms with Gasteiger partial charge >= 0.3 is 6.18 Å². The molecule has 0 saturated carbocycles. The third kappa shape index (κ3) is 6.01. The van der Waals surface area contributed by atoms with Gasteiger partial charge in [0.1, 0.15) is 5.01 Å². The Hall–Kier alpha value is -2.09. The van der Waals surface area contributed by atoms with Crippen LogP contribution in [0.15, 0.2) is 28.6 Å². The van der Waals surface area contributed by atoms with Gasteiger partial charge in [0, 0.05) is 18.5 Å². The van der Waals surface area contributed by atoms with Crippen molar-refractivity contribution in [2.24, 2.45) is 4.99 Å². The number of alkyl halides is 3. The molecule has 0 aliphatic carbocycles. The summed E-state index contributed by atoms with van der Waals surface area (Å²) in [6.45, 7) is 7.55. The zero-order valence-electron chi connectivity index (χ0n) is 15.1. The highest BCUT2D eigenvalue weighted by Gasteiger charge is 2.33. The summed E-state index contributed by atoms with van der Waals surface area (Å²) in [5.74, 6) is 0.570.